The molecule has 21 heavy (non-hydrogen) atoms. The van der Waals surface area contributed by atoms with E-state index in [1.807, 2.05) is 29.5 Å². The Morgan fingerprint density at radius 2 is 2.05 bits per heavy atom. The molecule has 1 unspecified atom stereocenters. The average molecular weight is 325 g/mol. The quantitative estimate of drug-likeness (QED) is 0.861. The van der Waals surface area contributed by atoms with Crippen LogP contribution in [0.5, 0.6) is 0 Å². The highest BCUT2D eigenvalue weighted by Crippen LogP contribution is 2.20. The summed E-state index contributed by atoms with van der Waals surface area (Å²) in [6, 6.07) is 12.5. The number of halogens is 1. The zero-order valence-electron chi connectivity index (χ0n) is 12.5. The summed E-state index contributed by atoms with van der Waals surface area (Å²) in [5.74, 6) is -0.0446. The zero-order chi connectivity index (χ0) is 14.5. The van der Waals surface area contributed by atoms with Gasteiger partial charge in [0.25, 0.3) is 0 Å². The van der Waals surface area contributed by atoms with Crippen molar-refractivity contribution >= 4 is 35.3 Å². The van der Waals surface area contributed by atoms with Gasteiger partial charge in [0.2, 0.25) is 5.91 Å². The molecule has 1 heterocycles. The predicted molar refractivity (Wildman–Crippen MR) is 92.3 cm³/mol. The van der Waals surface area contributed by atoms with Gasteiger partial charge in [0.15, 0.2) is 0 Å². The van der Waals surface area contributed by atoms with E-state index < -0.39 is 0 Å². The van der Waals surface area contributed by atoms with Crippen molar-refractivity contribution in [2.45, 2.75) is 33.4 Å². The molecule has 0 radical (unpaired) electrons. The molecule has 0 aliphatic heterocycles. The lowest BCUT2D eigenvalue weighted by Crippen LogP contribution is -2.17. The minimum atomic E-state index is -0.0446. The van der Waals surface area contributed by atoms with Crippen molar-refractivity contribution in [3.05, 3.63) is 51.7 Å². The fourth-order valence-electron chi connectivity index (χ4n) is 2.04. The number of aryl methyl sites for hydroxylation is 1. The van der Waals surface area contributed by atoms with Crippen LogP contribution in [0.3, 0.4) is 0 Å². The van der Waals surface area contributed by atoms with Crippen molar-refractivity contribution in [1.29, 1.82) is 0 Å². The maximum absolute atomic E-state index is 11.1. The van der Waals surface area contributed by atoms with Crippen LogP contribution in [0.4, 0.5) is 5.69 Å². The molecule has 0 bridgehead atoms. The first-order chi connectivity index (χ1) is 9.54. The van der Waals surface area contributed by atoms with E-state index in [1.54, 1.807) is 0 Å². The summed E-state index contributed by atoms with van der Waals surface area (Å²) in [4.78, 5) is 13.8. The summed E-state index contributed by atoms with van der Waals surface area (Å²) < 4.78 is 0. The van der Waals surface area contributed by atoms with Crippen LogP contribution in [0.25, 0.3) is 0 Å². The Bertz CT molecular complexity index is 597. The molecule has 0 fully saturated rings. The average Bonchev–Trinajstić information content (AvgIpc) is 2.81. The van der Waals surface area contributed by atoms with Crippen LogP contribution < -0.4 is 10.6 Å². The molecule has 0 saturated heterocycles. The fourth-order valence-corrected chi connectivity index (χ4v) is 2.88. The van der Waals surface area contributed by atoms with Crippen LogP contribution in [0.2, 0.25) is 0 Å². The number of nitrogens with one attached hydrogen (secondary N) is 2. The van der Waals surface area contributed by atoms with Gasteiger partial charge in [0.05, 0.1) is 0 Å². The van der Waals surface area contributed by atoms with Crippen molar-refractivity contribution in [1.82, 2.24) is 5.32 Å². The third kappa shape index (κ3) is 5.50. The Morgan fingerprint density at radius 1 is 1.29 bits per heavy atom. The van der Waals surface area contributed by atoms with Gasteiger partial charge >= 0.3 is 0 Å². The van der Waals surface area contributed by atoms with E-state index in [4.69, 9.17) is 0 Å². The van der Waals surface area contributed by atoms with Crippen LogP contribution in [0.1, 0.15) is 35.2 Å². The lowest BCUT2D eigenvalue weighted by Gasteiger charge is -2.15. The summed E-state index contributed by atoms with van der Waals surface area (Å²) in [5.41, 5.74) is 2.01. The number of amides is 1. The van der Waals surface area contributed by atoms with Crippen LogP contribution >= 0.6 is 23.7 Å². The highest BCUT2D eigenvalue weighted by atomic mass is 35.5. The van der Waals surface area contributed by atoms with Crippen LogP contribution in [-0.4, -0.2) is 5.91 Å². The van der Waals surface area contributed by atoms with Gasteiger partial charge in [-0.15, -0.1) is 23.7 Å². The molecule has 1 atom stereocenters. The number of rotatable bonds is 5. The van der Waals surface area contributed by atoms with Crippen LogP contribution in [0.15, 0.2) is 36.4 Å². The number of carbonyl (C=O) groups excluding carboxylic acids is 1. The van der Waals surface area contributed by atoms with Gasteiger partial charge in [0.1, 0.15) is 0 Å². The van der Waals surface area contributed by atoms with E-state index in [0.29, 0.717) is 0 Å². The van der Waals surface area contributed by atoms with Crippen LogP contribution in [-0.2, 0) is 11.3 Å². The Morgan fingerprint density at radius 3 is 2.67 bits per heavy atom. The molecule has 1 aromatic heterocycles. The number of hydrogen-bond acceptors (Lipinski definition) is 3. The van der Waals surface area contributed by atoms with E-state index in [1.165, 1.54) is 22.2 Å². The Labute approximate surface area is 136 Å². The Balaban J connectivity index is 0.00000220. The van der Waals surface area contributed by atoms with Crippen molar-refractivity contribution in [2.24, 2.45) is 0 Å². The van der Waals surface area contributed by atoms with Gasteiger partial charge in [-0.3, -0.25) is 4.79 Å². The molecule has 1 aromatic carbocycles. The van der Waals surface area contributed by atoms with E-state index in [0.717, 1.165) is 12.2 Å². The number of hydrogen-bond donors (Lipinski definition) is 2. The molecule has 0 aliphatic carbocycles. The highest BCUT2D eigenvalue weighted by molar-refractivity contribution is 7.11. The third-order valence-electron chi connectivity index (χ3n) is 3.09. The fraction of sp³-hybridized carbons (Fsp3) is 0.312. The van der Waals surface area contributed by atoms with Gasteiger partial charge in [-0.2, -0.15) is 0 Å². The lowest BCUT2D eigenvalue weighted by molar-refractivity contribution is -0.114. The molecule has 0 spiro atoms. The van der Waals surface area contributed by atoms with Crippen molar-refractivity contribution in [2.75, 3.05) is 5.32 Å². The number of carbonyl (C=O) groups is 1. The Kier molecular flexibility index (Phi) is 6.89. The molecule has 2 aromatic rings. The van der Waals surface area contributed by atoms with E-state index >= 15 is 0 Å². The number of anilines is 1. The first-order valence-corrected chi connectivity index (χ1v) is 7.52. The van der Waals surface area contributed by atoms with Crippen molar-refractivity contribution < 1.29 is 4.79 Å². The molecular formula is C16H21ClN2OS. The second-order valence-corrected chi connectivity index (χ2v) is 6.29. The maximum Gasteiger partial charge on any atom is 0.221 e. The van der Waals surface area contributed by atoms with Crippen LogP contribution in [0, 0.1) is 6.92 Å². The maximum atomic E-state index is 11.1. The van der Waals surface area contributed by atoms with E-state index in [9.17, 15) is 4.79 Å². The summed E-state index contributed by atoms with van der Waals surface area (Å²) in [5, 5.41) is 6.32. The topological polar surface area (TPSA) is 41.1 Å². The Hall–Kier alpha value is -1.36. The molecule has 0 saturated carbocycles. The largest absolute Gasteiger partial charge is 0.326 e. The molecule has 5 heteroatoms. The molecule has 2 N–H and O–H groups in total. The molecule has 2 rings (SSSR count). The summed E-state index contributed by atoms with van der Waals surface area (Å²) >= 11 is 1.82. The number of thiophene rings is 1. The SMILES string of the molecule is CC(=O)Nc1cccc(C(C)NCc2ccc(C)s2)c1.Cl. The lowest BCUT2D eigenvalue weighted by atomic mass is 10.1. The second-order valence-electron chi connectivity index (χ2n) is 4.92. The van der Waals surface area contributed by atoms with Gasteiger partial charge in [-0.1, -0.05) is 12.1 Å². The first-order valence-electron chi connectivity index (χ1n) is 6.71. The second kappa shape index (κ2) is 8.17. The normalized spacial score (nSPS) is 11.6. The monoisotopic (exact) mass is 324 g/mol. The minimum absolute atomic E-state index is 0. The van der Waals surface area contributed by atoms with Crippen molar-refractivity contribution in [3.8, 4) is 0 Å². The smallest absolute Gasteiger partial charge is 0.221 e. The van der Waals surface area contributed by atoms with E-state index in [-0.39, 0.29) is 24.4 Å². The molecule has 0 aliphatic rings. The third-order valence-corrected chi connectivity index (χ3v) is 4.09. The summed E-state index contributed by atoms with van der Waals surface area (Å²) in [7, 11) is 0. The predicted octanol–water partition coefficient (Wildman–Crippen LogP) is 4.29. The van der Waals surface area contributed by atoms with Gasteiger partial charge < -0.3 is 10.6 Å². The number of benzene rings is 1. The summed E-state index contributed by atoms with van der Waals surface area (Å²) in [6.07, 6.45) is 0. The molecule has 114 valence electrons. The summed E-state index contributed by atoms with van der Waals surface area (Å²) in [6.45, 7) is 6.64. The van der Waals surface area contributed by atoms with Gasteiger partial charge in [-0.25, -0.2) is 0 Å². The molecule has 1 amide bonds. The van der Waals surface area contributed by atoms with Gasteiger partial charge in [-0.05, 0) is 43.7 Å². The minimum Gasteiger partial charge on any atom is -0.326 e. The van der Waals surface area contributed by atoms with E-state index in [2.05, 4.69) is 42.7 Å². The highest BCUT2D eigenvalue weighted by Gasteiger charge is 2.07. The molecule has 3 nitrogen and oxygen atoms in total. The standard InChI is InChI=1S/C16H20N2OS.ClH/c1-11-7-8-16(20-11)10-17-12(2)14-5-4-6-15(9-14)18-13(3)19;/h4-9,12,17H,10H2,1-3H3,(H,18,19);1H. The van der Waals surface area contributed by atoms with Crippen molar-refractivity contribution in [3.63, 3.8) is 0 Å². The molecular weight excluding hydrogens is 304 g/mol. The van der Waals surface area contributed by atoms with Gasteiger partial charge in [0, 0.05) is 35.0 Å². The first kappa shape index (κ1) is 17.7. The zero-order valence-corrected chi connectivity index (χ0v) is 14.1.